The summed E-state index contributed by atoms with van der Waals surface area (Å²) in [5.41, 5.74) is 10.4. The Bertz CT molecular complexity index is 777. The SMILES string of the molecule is [3H]c1c(CCC(C)=O)ccc(N2Nc3ccc(C)cc3N2)c1O. The van der Waals surface area contributed by atoms with Crippen LogP contribution in [0.4, 0.5) is 17.1 Å². The molecule has 5 heteroatoms. The van der Waals surface area contributed by atoms with Crippen molar-refractivity contribution in [1.82, 2.24) is 0 Å². The number of phenols is 1. The van der Waals surface area contributed by atoms with Crippen LogP contribution in [0.3, 0.4) is 0 Å². The van der Waals surface area contributed by atoms with Crippen LogP contribution in [0.15, 0.2) is 36.4 Å². The minimum absolute atomic E-state index is 0.0551. The van der Waals surface area contributed by atoms with Crippen molar-refractivity contribution < 1.29 is 11.3 Å². The van der Waals surface area contributed by atoms with Gasteiger partial charge in [0.25, 0.3) is 0 Å². The van der Waals surface area contributed by atoms with Gasteiger partial charge in [-0.1, -0.05) is 12.1 Å². The minimum Gasteiger partial charge on any atom is -0.506 e. The molecule has 114 valence electrons. The van der Waals surface area contributed by atoms with Crippen molar-refractivity contribution in [2.75, 3.05) is 16.0 Å². The van der Waals surface area contributed by atoms with E-state index in [9.17, 15) is 9.90 Å². The first kappa shape index (κ1) is 13.0. The van der Waals surface area contributed by atoms with E-state index in [4.69, 9.17) is 1.37 Å². The van der Waals surface area contributed by atoms with Crippen molar-refractivity contribution in [2.45, 2.75) is 26.7 Å². The van der Waals surface area contributed by atoms with Gasteiger partial charge >= 0.3 is 0 Å². The van der Waals surface area contributed by atoms with E-state index in [1.165, 1.54) is 6.92 Å². The molecule has 0 aromatic heterocycles. The van der Waals surface area contributed by atoms with Gasteiger partial charge in [0.2, 0.25) is 0 Å². The first-order valence-corrected chi connectivity index (χ1v) is 7.20. The zero-order chi connectivity index (χ0) is 16.6. The van der Waals surface area contributed by atoms with E-state index in [0.717, 1.165) is 16.9 Å². The quantitative estimate of drug-likeness (QED) is 0.807. The number of fused-ring (bicyclic) bond motifs is 1. The van der Waals surface area contributed by atoms with Crippen LogP contribution in [0.1, 0.15) is 25.8 Å². The number of nitrogens with zero attached hydrogens (tertiary/aromatic N) is 1. The summed E-state index contributed by atoms with van der Waals surface area (Å²) in [5, 5.41) is 11.9. The molecule has 1 heterocycles. The number of nitrogens with one attached hydrogen (secondary N) is 2. The Kier molecular flexibility index (Phi) is 3.31. The van der Waals surface area contributed by atoms with Crippen molar-refractivity contribution in [3.63, 3.8) is 0 Å². The Morgan fingerprint density at radius 2 is 2.05 bits per heavy atom. The second-order valence-corrected chi connectivity index (χ2v) is 5.53. The van der Waals surface area contributed by atoms with Gasteiger partial charge in [0.1, 0.15) is 17.2 Å². The van der Waals surface area contributed by atoms with Crippen LogP contribution in [-0.4, -0.2) is 10.9 Å². The highest BCUT2D eigenvalue weighted by Crippen LogP contribution is 2.35. The van der Waals surface area contributed by atoms with Crippen LogP contribution < -0.4 is 16.0 Å². The number of benzene rings is 2. The molecule has 1 aliphatic rings. The zero-order valence-corrected chi connectivity index (χ0v) is 12.6. The smallest absolute Gasteiger partial charge is 0.143 e. The Balaban J connectivity index is 1.85. The van der Waals surface area contributed by atoms with Gasteiger partial charge < -0.3 is 9.90 Å². The maximum atomic E-state index is 11.1. The van der Waals surface area contributed by atoms with Gasteiger partial charge in [0.15, 0.2) is 0 Å². The Morgan fingerprint density at radius 1 is 1.27 bits per heavy atom. The van der Waals surface area contributed by atoms with Crippen LogP contribution in [0, 0.1) is 6.92 Å². The predicted molar refractivity (Wildman–Crippen MR) is 88.0 cm³/mol. The number of Topliss-reactive ketones (excluding diaryl/α,β-unsaturated/α-hetero) is 1. The van der Waals surface area contributed by atoms with Gasteiger partial charge in [0, 0.05) is 6.42 Å². The van der Waals surface area contributed by atoms with E-state index >= 15 is 0 Å². The summed E-state index contributed by atoms with van der Waals surface area (Å²) < 4.78 is 8.10. The van der Waals surface area contributed by atoms with Crippen molar-refractivity contribution in [3.05, 3.63) is 47.5 Å². The molecule has 0 atom stereocenters. The Hall–Kier alpha value is -2.69. The molecule has 3 N–H and O–H groups in total. The maximum absolute atomic E-state index is 11.1. The van der Waals surface area contributed by atoms with Crippen LogP contribution >= 0.6 is 0 Å². The van der Waals surface area contributed by atoms with Gasteiger partial charge in [0.05, 0.1) is 12.7 Å². The molecule has 0 saturated heterocycles. The lowest BCUT2D eigenvalue weighted by atomic mass is 10.1. The van der Waals surface area contributed by atoms with Crippen LogP contribution in [-0.2, 0) is 11.2 Å². The number of hydrogen-bond acceptors (Lipinski definition) is 5. The second-order valence-electron chi connectivity index (χ2n) is 5.53. The maximum Gasteiger partial charge on any atom is 0.143 e. The van der Waals surface area contributed by atoms with E-state index in [1.54, 1.807) is 17.3 Å². The summed E-state index contributed by atoms with van der Waals surface area (Å²) in [7, 11) is 0. The lowest BCUT2D eigenvalue weighted by Crippen LogP contribution is -2.29. The number of phenolic OH excluding ortho intramolecular Hbond substituents is 1. The van der Waals surface area contributed by atoms with Gasteiger partial charge in [-0.3, -0.25) is 10.9 Å². The molecule has 22 heavy (non-hydrogen) atoms. The third-order valence-electron chi connectivity index (χ3n) is 3.59. The molecule has 0 bridgehead atoms. The summed E-state index contributed by atoms with van der Waals surface area (Å²) >= 11 is 0. The molecule has 2 aromatic rings. The molecule has 0 radical (unpaired) electrons. The van der Waals surface area contributed by atoms with Crippen molar-refractivity contribution >= 4 is 22.8 Å². The molecule has 1 aliphatic heterocycles. The highest BCUT2D eigenvalue weighted by Gasteiger charge is 2.20. The van der Waals surface area contributed by atoms with Crippen molar-refractivity contribution in [1.29, 1.82) is 0 Å². The molecule has 5 nitrogen and oxygen atoms in total. The third kappa shape index (κ3) is 2.83. The molecule has 0 amide bonds. The number of carbonyl (C=O) groups is 1. The average molecular weight is 299 g/mol. The summed E-state index contributed by atoms with van der Waals surface area (Å²) in [6.45, 7) is 3.53. The Morgan fingerprint density at radius 3 is 2.82 bits per heavy atom. The van der Waals surface area contributed by atoms with Crippen LogP contribution in [0.25, 0.3) is 0 Å². The highest BCUT2D eigenvalue weighted by molar-refractivity contribution is 5.81. The summed E-state index contributed by atoms with van der Waals surface area (Å²) in [5.74, 6) is -0.0442. The molecule has 0 fully saturated rings. The molecule has 2 aromatic carbocycles. The fourth-order valence-electron chi connectivity index (χ4n) is 2.39. The number of hydrogen-bond donors (Lipinski definition) is 3. The second kappa shape index (κ2) is 5.60. The fourth-order valence-corrected chi connectivity index (χ4v) is 2.39. The Labute approximate surface area is 130 Å². The standard InChI is InChI=1S/C17H19N3O2/c1-11-3-7-14-15(9-11)19-20(18-14)16-8-6-13(10-17(16)22)5-4-12(2)21/h3,6-10,18-19,22H,4-5H2,1-2H3/i10T. The number of hydrazine groups is 2. The first-order valence-electron chi connectivity index (χ1n) is 7.70. The van der Waals surface area contributed by atoms with Gasteiger partial charge in [-0.25, -0.2) is 0 Å². The van der Waals surface area contributed by atoms with Crippen molar-refractivity contribution in [3.8, 4) is 5.75 Å². The minimum atomic E-state index is -0.115. The first-order chi connectivity index (χ1) is 11.0. The summed E-state index contributed by atoms with van der Waals surface area (Å²) in [6, 6.07) is 9.52. The topological polar surface area (TPSA) is 64.6 Å². The fraction of sp³-hybridized carbons (Fsp3) is 0.235. The van der Waals surface area contributed by atoms with E-state index in [-0.39, 0.29) is 17.6 Å². The third-order valence-corrected chi connectivity index (χ3v) is 3.59. The van der Waals surface area contributed by atoms with Crippen molar-refractivity contribution in [2.24, 2.45) is 0 Å². The summed E-state index contributed by atoms with van der Waals surface area (Å²) in [4.78, 5) is 11.1. The van der Waals surface area contributed by atoms with E-state index in [0.29, 0.717) is 24.1 Å². The predicted octanol–water partition coefficient (Wildman–Crippen LogP) is 3.40. The molecule has 0 saturated carbocycles. The molecule has 0 spiro atoms. The molecular formula is C17H19N3O2. The molecule has 0 unspecified atom stereocenters. The molecule has 3 rings (SSSR count). The average Bonchev–Trinajstić information content (AvgIpc) is 2.91. The van der Waals surface area contributed by atoms with Crippen LogP contribution in [0.2, 0.25) is 0 Å². The zero-order valence-electron chi connectivity index (χ0n) is 13.6. The largest absolute Gasteiger partial charge is 0.506 e. The normalized spacial score (nSPS) is 13.2. The summed E-state index contributed by atoms with van der Waals surface area (Å²) in [6.07, 6.45) is 0.831. The van der Waals surface area contributed by atoms with Crippen LogP contribution in [0.5, 0.6) is 5.75 Å². The van der Waals surface area contributed by atoms with Gasteiger partial charge in [-0.15, -0.1) is 0 Å². The monoisotopic (exact) mass is 299 g/mol. The van der Waals surface area contributed by atoms with E-state index in [2.05, 4.69) is 10.9 Å². The van der Waals surface area contributed by atoms with E-state index in [1.807, 2.05) is 25.1 Å². The van der Waals surface area contributed by atoms with Gasteiger partial charge in [-0.2, -0.15) is 5.12 Å². The number of ketones is 1. The number of carbonyl (C=O) groups excluding carboxylic acids is 1. The number of aryl methyl sites for hydroxylation is 2. The highest BCUT2D eigenvalue weighted by atomic mass is 16.3. The van der Waals surface area contributed by atoms with Gasteiger partial charge in [-0.05, 0) is 55.6 Å². The lowest BCUT2D eigenvalue weighted by molar-refractivity contribution is -0.116. The van der Waals surface area contributed by atoms with E-state index < -0.39 is 0 Å². The number of aromatic hydroxyl groups is 1. The lowest BCUT2D eigenvalue weighted by Gasteiger charge is -2.20. The number of rotatable bonds is 4. The molecular weight excluding hydrogens is 278 g/mol. The number of anilines is 3. The molecule has 0 aliphatic carbocycles.